The van der Waals surface area contributed by atoms with Crippen LogP contribution < -0.4 is 0 Å². The van der Waals surface area contributed by atoms with Crippen LogP contribution in [-0.2, 0) is 4.57 Å². The maximum atomic E-state index is 8.88. The van der Waals surface area contributed by atoms with Crippen molar-refractivity contribution in [2.45, 2.75) is 0 Å². The summed E-state index contributed by atoms with van der Waals surface area (Å²) >= 11 is 0. The summed E-state index contributed by atoms with van der Waals surface area (Å²) < 4.78 is 8.88. The third kappa shape index (κ3) is 76.8. The molecular formula is H5O4PPb. The molecule has 0 spiro atoms. The van der Waals surface area contributed by atoms with Crippen LogP contribution in [0.15, 0.2) is 0 Å². The molecule has 3 N–H and O–H groups in total. The van der Waals surface area contributed by atoms with Crippen LogP contribution >= 0.6 is 7.82 Å². The van der Waals surface area contributed by atoms with E-state index in [0.717, 1.165) is 0 Å². The van der Waals surface area contributed by atoms with Crippen molar-refractivity contribution >= 4 is 35.1 Å². The van der Waals surface area contributed by atoms with Gasteiger partial charge >= 0.3 is 35.1 Å². The Hall–Kier alpha value is 1.03. The normalized spacial score (nSPS) is 9.83. The Bertz CT molecular complexity index is 53.7. The molecule has 0 atom stereocenters. The van der Waals surface area contributed by atoms with Gasteiger partial charge in [-0.25, -0.2) is 4.57 Å². The van der Waals surface area contributed by atoms with Gasteiger partial charge in [-0.2, -0.15) is 0 Å². The average molecular weight is 307 g/mol. The molecule has 0 aromatic heterocycles. The van der Waals surface area contributed by atoms with Gasteiger partial charge in [0.1, 0.15) is 0 Å². The first-order valence-electron chi connectivity index (χ1n) is 0.783. The molecule has 0 heterocycles. The van der Waals surface area contributed by atoms with E-state index < -0.39 is 7.82 Å². The summed E-state index contributed by atoms with van der Waals surface area (Å²) in [5.41, 5.74) is 0. The molecule has 6 heavy (non-hydrogen) atoms. The predicted molar refractivity (Wildman–Crippen MR) is 22.8 cm³/mol. The Morgan fingerprint density at radius 1 is 1.17 bits per heavy atom. The van der Waals surface area contributed by atoms with E-state index in [9.17, 15) is 0 Å². The molecule has 38 valence electrons. The Labute approximate surface area is 54.6 Å². The zero-order chi connectivity index (χ0) is 4.50. The zero-order valence-corrected chi connectivity index (χ0v) is 9.30. The standard InChI is InChI=1S/H3O4P.Pb.2H/c1-5(2,3)4;;;/h(H3,1,2,3,4);;;. The van der Waals surface area contributed by atoms with Crippen LogP contribution in [0.2, 0.25) is 0 Å². The second-order valence-corrected chi connectivity index (χ2v) is 1.54. The molecule has 0 rings (SSSR count). The fraction of sp³-hybridized carbons (Fsp3) is 0. The molecule has 0 saturated heterocycles. The van der Waals surface area contributed by atoms with Crippen LogP contribution in [0.4, 0.5) is 0 Å². The van der Waals surface area contributed by atoms with E-state index >= 15 is 0 Å². The van der Waals surface area contributed by atoms with Crippen molar-refractivity contribution in [1.82, 2.24) is 0 Å². The van der Waals surface area contributed by atoms with Gasteiger partial charge < -0.3 is 14.7 Å². The van der Waals surface area contributed by atoms with Crippen LogP contribution in [0.25, 0.3) is 0 Å². The number of hydrogen-bond donors (Lipinski definition) is 3. The fourth-order valence-corrected chi connectivity index (χ4v) is 0. The molecule has 0 unspecified atom stereocenters. The monoisotopic (exact) mass is 308 g/mol. The minimum absolute atomic E-state index is 0. The maximum absolute atomic E-state index is 8.88. The van der Waals surface area contributed by atoms with Gasteiger partial charge in [0.05, 0.1) is 0 Å². The van der Waals surface area contributed by atoms with Crippen LogP contribution in [0.1, 0.15) is 0 Å². The molecule has 0 amide bonds. The van der Waals surface area contributed by atoms with Crippen molar-refractivity contribution in [3.63, 3.8) is 0 Å². The van der Waals surface area contributed by atoms with Crippen molar-refractivity contribution in [3.8, 4) is 0 Å². The van der Waals surface area contributed by atoms with Crippen LogP contribution in [0.3, 0.4) is 0 Å². The van der Waals surface area contributed by atoms with Crippen LogP contribution in [0.5, 0.6) is 0 Å². The summed E-state index contributed by atoms with van der Waals surface area (Å²) in [6, 6.07) is 0. The topological polar surface area (TPSA) is 77.8 Å². The summed E-state index contributed by atoms with van der Waals surface area (Å²) in [6.45, 7) is 0. The van der Waals surface area contributed by atoms with Gasteiger partial charge in [-0.1, -0.05) is 0 Å². The van der Waals surface area contributed by atoms with Crippen molar-refractivity contribution < 1.29 is 19.2 Å². The van der Waals surface area contributed by atoms with Crippen molar-refractivity contribution in [2.24, 2.45) is 0 Å². The summed E-state index contributed by atoms with van der Waals surface area (Å²) in [5.74, 6) is 0. The van der Waals surface area contributed by atoms with Gasteiger partial charge in [-0.15, -0.1) is 0 Å². The Balaban J connectivity index is 0. The molecule has 0 aromatic rings. The second-order valence-electron chi connectivity index (χ2n) is 0.513. The van der Waals surface area contributed by atoms with Gasteiger partial charge in [0.25, 0.3) is 0 Å². The SMILES string of the molecule is O=P(O)(O)O.[PbH2]. The zero-order valence-electron chi connectivity index (χ0n) is 2.90. The predicted octanol–water partition coefficient (Wildman–Crippen LogP) is -1.84. The number of phosphoric acid groups is 1. The second kappa shape index (κ2) is 3.09. The molecule has 0 bridgehead atoms. The molecule has 4 nitrogen and oxygen atoms in total. The van der Waals surface area contributed by atoms with Crippen molar-refractivity contribution in [1.29, 1.82) is 0 Å². The molecule has 2 radical (unpaired) electrons. The minimum atomic E-state index is -4.64. The third-order valence-electron chi connectivity index (χ3n) is 0. The first-order chi connectivity index (χ1) is 2.00. The Morgan fingerprint density at radius 2 is 1.17 bits per heavy atom. The molecule has 0 aliphatic carbocycles. The van der Waals surface area contributed by atoms with Gasteiger partial charge in [0.2, 0.25) is 0 Å². The van der Waals surface area contributed by atoms with Gasteiger partial charge in [0, 0.05) is 0 Å². The number of rotatable bonds is 0. The van der Waals surface area contributed by atoms with Gasteiger partial charge in [-0.3, -0.25) is 0 Å². The fourth-order valence-electron chi connectivity index (χ4n) is 0. The summed E-state index contributed by atoms with van der Waals surface area (Å²) in [7, 11) is -4.64. The van der Waals surface area contributed by atoms with Crippen LogP contribution in [0, 0.1) is 0 Å². The van der Waals surface area contributed by atoms with Crippen LogP contribution in [-0.4, -0.2) is 42.0 Å². The molecular weight excluding hydrogens is 302 g/mol. The van der Waals surface area contributed by atoms with E-state index in [2.05, 4.69) is 0 Å². The van der Waals surface area contributed by atoms with E-state index in [-0.39, 0.29) is 27.3 Å². The van der Waals surface area contributed by atoms with E-state index in [1.54, 1.807) is 0 Å². The average Bonchev–Trinajstić information content (AvgIpc) is 0.722. The molecule has 0 aromatic carbocycles. The van der Waals surface area contributed by atoms with E-state index in [1.165, 1.54) is 0 Å². The molecule has 6 heteroatoms. The molecule has 0 fully saturated rings. The van der Waals surface area contributed by atoms with Crippen molar-refractivity contribution in [3.05, 3.63) is 0 Å². The summed E-state index contributed by atoms with van der Waals surface area (Å²) in [6.07, 6.45) is 0. The number of hydrogen-bond acceptors (Lipinski definition) is 1. The van der Waals surface area contributed by atoms with E-state index in [1.807, 2.05) is 0 Å². The van der Waals surface area contributed by atoms with Gasteiger partial charge in [-0.05, 0) is 0 Å². The van der Waals surface area contributed by atoms with E-state index in [0.29, 0.717) is 0 Å². The molecule has 0 aliphatic heterocycles. The first kappa shape index (κ1) is 10.1. The quantitative estimate of drug-likeness (QED) is 0.363. The first-order valence-corrected chi connectivity index (χ1v) is 2.35. The molecule has 0 saturated carbocycles. The Morgan fingerprint density at radius 3 is 1.17 bits per heavy atom. The van der Waals surface area contributed by atoms with Crippen molar-refractivity contribution in [2.75, 3.05) is 0 Å². The summed E-state index contributed by atoms with van der Waals surface area (Å²) in [5, 5.41) is 0. The third-order valence-corrected chi connectivity index (χ3v) is 0. The summed E-state index contributed by atoms with van der Waals surface area (Å²) in [4.78, 5) is 21.6. The Kier molecular flexibility index (Phi) is 5.20. The van der Waals surface area contributed by atoms with Gasteiger partial charge in [0.15, 0.2) is 0 Å². The van der Waals surface area contributed by atoms with E-state index in [4.69, 9.17) is 19.2 Å². The molecule has 0 aliphatic rings.